The van der Waals surface area contributed by atoms with E-state index >= 15 is 0 Å². The van der Waals surface area contributed by atoms with E-state index in [0.717, 1.165) is 28.9 Å². The van der Waals surface area contributed by atoms with Crippen LogP contribution in [0.15, 0.2) is 96.3 Å². The third kappa shape index (κ3) is 4.65. The number of thioether (sulfide) groups is 1. The van der Waals surface area contributed by atoms with Gasteiger partial charge in [0.25, 0.3) is 5.91 Å². The Morgan fingerprint density at radius 1 is 0.939 bits per heavy atom. The average Bonchev–Trinajstić information content (AvgIpc) is 3.40. The molecule has 0 bridgehead atoms. The summed E-state index contributed by atoms with van der Waals surface area (Å²) in [5.74, 6) is -0.0610. The maximum Gasteiger partial charge on any atom is 0.266 e. The molecule has 0 N–H and O–H groups in total. The maximum absolute atomic E-state index is 13.2. The minimum absolute atomic E-state index is 0.0610. The van der Waals surface area contributed by atoms with Crippen molar-refractivity contribution in [2.24, 2.45) is 0 Å². The van der Waals surface area contributed by atoms with Gasteiger partial charge in [0.1, 0.15) is 10.0 Å². The van der Waals surface area contributed by atoms with Crippen LogP contribution in [-0.4, -0.2) is 36.4 Å². The number of pyridine rings is 1. The molecular weight excluding hydrogens is 448 g/mol. The highest BCUT2D eigenvalue weighted by Crippen LogP contribution is 2.34. The number of para-hydroxylation sites is 1. The van der Waals surface area contributed by atoms with Crippen molar-refractivity contribution in [3.8, 4) is 16.9 Å². The van der Waals surface area contributed by atoms with E-state index in [-0.39, 0.29) is 5.91 Å². The van der Waals surface area contributed by atoms with Gasteiger partial charge >= 0.3 is 0 Å². The topological polar surface area (TPSA) is 51.0 Å². The lowest BCUT2D eigenvalue weighted by Crippen LogP contribution is -2.30. The monoisotopic (exact) mass is 468 g/mol. The van der Waals surface area contributed by atoms with Crippen molar-refractivity contribution in [3.63, 3.8) is 0 Å². The Labute approximate surface area is 201 Å². The molecule has 5 nitrogen and oxygen atoms in total. The molecule has 0 saturated carbocycles. The van der Waals surface area contributed by atoms with Crippen LogP contribution in [-0.2, 0) is 11.2 Å². The Bertz CT molecular complexity index is 1320. The highest BCUT2D eigenvalue weighted by Gasteiger charge is 2.32. The molecule has 1 aliphatic rings. The maximum atomic E-state index is 13.2. The number of rotatable bonds is 6. The van der Waals surface area contributed by atoms with Crippen LogP contribution in [0.1, 0.15) is 11.1 Å². The number of benzene rings is 2. The second-order valence-corrected chi connectivity index (χ2v) is 9.19. The van der Waals surface area contributed by atoms with Gasteiger partial charge in [0.05, 0.1) is 10.6 Å². The normalized spacial score (nSPS) is 14.9. The molecule has 0 atom stereocenters. The van der Waals surface area contributed by atoms with Gasteiger partial charge in [-0.2, -0.15) is 5.10 Å². The van der Waals surface area contributed by atoms with Crippen LogP contribution in [0.5, 0.6) is 0 Å². The average molecular weight is 469 g/mol. The van der Waals surface area contributed by atoms with Gasteiger partial charge in [0, 0.05) is 36.3 Å². The van der Waals surface area contributed by atoms with E-state index in [2.05, 4.69) is 17.1 Å². The molecule has 4 aromatic rings. The minimum atomic E-state index is -0.0610. The first kappa shape index (κ1) is 21.3. The fraction of sp³-hybridized carbons (Fsp3) is 0.0769. The Hall–Kier alpha value is -3.55. The molecule has 1 saturated heterocycles. The number of amides is 1. The zero-order valence-electron chi connectivity index (χ0n) is 17.7. The number of hydrogen-bond acceptors (Lipinski definition) is 5. The fourth-order valence-electron chi connectivity index (χ4n) is 3.66. The predicted octanol–water partition coefficient (Wildman–Crippen LogP) is 5.38. The van der Waals surface area contributed by atoms with Gasteiger partial charge in [-0.25, -0.2) is 4.68 Å². The molecule has 33 heavy (non-hydrogen) atoms. The number of aromatic nitrogens is 3. The van der Waals surface area contributed by atoms with E-state index in [4.69, 9.17) is 17.3 Å². The molecule has 1 amide bonds. The summed E-state index contributed by atoms with van der Waals surface area (Å²) < 4.78 is 2.42. The first-order valence-corrected chi connectivity index (χ1v) is 11.8. The zero-order valence-corrected chi connectivity index (χ0v) is 19.3. The van der Waals surface area contributed by atoms with E-state index in [9.17, 15) is 4.79 Å². The predicted molar refractivity (Wildman–Crippen MR) is 137 cm³/mol. The van der Waals surface area contributed by atoms with Gasteiger partial charge in [-0.3, -0.25) is 14.7 Å². The molecule has 5 rings (SSSR count). The summed E-state index contributed by atoms with van der Waals surface area (Å²) in [5, 5.41) is 4.81. The fourth-order valence-corrected chi connectivity index (χ4v) is 4.96. The van der Waals surface area contributed by atoms with Crippen LogP contribution in [0.2, 0.25) is 0 Å². The molecule has 0 unspecified atom stereocenters. The first-order valence-electron chi connectivity index (χ1n) is 10.5. The van der Waals surface area contributed by atoms with E-state index < -0.39 is 0 Å². The van der Waals surface area contributed by atoms with E-state index in [1.165, 1.54) is 17.3 Å². The van der Waals surface area contributed by atoms with Crippen molar-refractivity contribution in [1.82, 2.24) is 19.7 Å². The largest absolute Gasteiger partial charge is 0.293 e. The molecule has 1 fully saturated rings. The Morgan fingerprint density at radius 3 is 2.36 bits per heavy atom. The number of thiocarbonyl (C=S) groups is 1. The van der Waals surface area contributed by atoms with Gasteiger partial charge in [0.2, 0.25) is 0 Å². The lowest BCUT2D eigenvalue weighted by atomic mass is 10.1. The second-order valence-electron chi connectivity index (χ2n) is 7.52. The van der Waals surface area contributed by atoms with Crippen molar-refractivity contribution >= 4 is 40.3 Å². The lowest BCUT2D eigenvalue weighted by Gasteiger charge is -2.14. The molecule has 2 aromatic heterocycles. The standard InChI is InChI=1S/C26H20N4OS2/c31-25-23(33-26(32)29(25)16-13-19-7-3-1-4-8-19)17-21-18-30(22-9-5-2-6-10-22)28-24(21)20-11-14-27-15-12-20/h1-12,14-15,17-18H,13,16H2/b23-17-. The zero-order chi connectivity index (χ0) is 22.6. The number of carbonyl (C=O) groups excluding carboxylic acids is 1. The van der Waals surface area contributed by atoms with Gasteiger partial charge in [-0.1, -0.05) is 72.5 Å². The summed E-state index contributed by atoms with van der Waals surface area (Å²) in [6, 6.07) is 23.9. The molecule has 162 valence electrons. The molecule has 0 aliphatic carbocycles. The van der Waals surface area contributed by atoms with Crippen LogP contribution in [0, 0.1) is 0 Å². The molecule has 2 aromatic carbocycles. The van der Waals surface area contributed by atoms with Gasteiger partial charge < -0.3 is 0 Å². The Kier molecular flexibility index (Phi) is 6.15. The highest BCUT2D eigenvalue weighted by molar-refractivity contribution is 8.26. The van der Waals surface area contributed by atoms with Crippen LogP contribution in [0.25, 0.3) is 23.0 Å². The molecule has 1 aliphatic heterocycles. The first-order chi connectivity index (χ1) is 16.2. The van der Waals surface area contributed by atoms with Crippen LogP contribution < -0.4 is 0 Å². The highest BCUT2D eigenvalue weighted by atomic mass is 32.2. The number of carbonyl (C=O) groups is 1. The summed E-state index contributed by atoms with van der Waals surface area (Å²) in [6.45, 7) is 0.562. The molecule has 0 spiro atoms. The van der Waals surface area contributed by atoms with Crippen LogP contribution >= 0.6 is 24.0 Å². The van der Waals surface area contributed by atoms with Crippen molar-refractivity contribution < 1.29 is 4.79 Å². The number of nitrogens with zero attached hydrogens (tertiary/aromatic N) is 4. The number of hydrogen-bond donors (Lipinski definition) is 0. The molecule has 7 heteroatoms. The Balaban J connectivity index is 1.46. The third-order valence-corrected chi connectivity index (χ3v) is 6.72. The Morgan fingerprint density at radius 2 is 1.64 bits per heavy atom. The van der Waals surface area contributed by atoms with Gasteiger partial charge in [-0.05, 0) is 42.3 Å². The van der Waals surface area contributed by atoms with E-state index in [1.807, 2.05) is 77.6 Å². The minimum Gasteiger partial charge on any atom is -0.293 e. The SMILES string of the molecule is O=C1/C(=C/c2cn(-c3ccccc3)nc2-c2ccncc2)SC(=S)N1CCc1ccccc1. The van der Waals surface area contributed by atoms with Crippen molar-refractivity contribution in [3.05, 3.63) is 107 Å². The van der Waals surface area contributed by atoms with E-state index in [0.29, 0.717) is 15.8 Å². The molecule has 3 heterocycles. The summed E-state index contributed by atoms with van der Waals surface area (Å²) in [4.78, 5) is 19.6. The molecular formula is C26H20N4OS2. The summed E-state index contributed by atoms with van der Waals surface area (Å²) in [5.41, 5.74) is 4.71. The third-order valence-electron chi connectivity index (χ3n) is 5.34. The van der Waals surface area contributed by atoms with E-state index in [1.54, 1.807) is 17.3 Å². The van der Waals surface area contributed by atoms with Gasteiger partial charge in [0.15, 0.2) is 0 Å². The summed E-state index contributed by atoms with van der Waals surface area (Å²) in [6.07, 6.45) is 8.08. The molecule has 0 radical (unpaired) electrons. The van der Waals surface area contributed by atoms with Crippen molar-refractivity contribution in [1.29, 1.82) is 0 Å². The second kappa shape index (κ2) is 9.52. The van der Waals surface area contributed by atoms with Crippen LogP contribution in [0.3, 0.4) is 0 Å². The van der Waals surface area contributed by atoms with Crippen molar-refractivity contribution in [2.75, 3.05) is 6.54 Å². The lowest BCUT2D eigenvalue weighted by molar-refractivity contribution is -0.122. The summed E-state index contributed by atoms with van der Waals surface area (Å²) >= 11 is 6.87. The van der Waals surface area contributed by atoms with Crippen molar-refractivity contribution in [2.45, 2.75) is 6.42 Å². The van der Waals surface area contributed by atoms with Gasteiger partial charge in [-0.15, -0.1) is 0 Å². The summed E-state index contributed by atoms with van der Waals surface area (Å²) in [7, 11) is 0. The van der Waals surface area contributed by atoms with Crippen LogP contribution in [0.4, 0.5) is 0 Å². The smallest absolute Gasteiger partial charge is 0.266 e. The quantitative estimate of drug-likeness (QED) is 0.281.